The molecule has 0 bridgehead atoms. The van der Waals surface area contributed by atoms with Gasteiger partial charge in [-0.1, -0.05) is 24.3 Å². The van der Waals surface area contributed by atoms with Gasteiger partial charge in [0.15, 0.2) is 0 Å². The third-order valence-electron chi connectivity index (χ3n) is 4.42. The van der Waals surface area contributed by atoms with Crippen LogP contribution in [0, 0.1) is 27.7 Å². The van der Waals surface area contributed by atoms with E-state index in [4.69, 9.17) is 0 Å². The summed E-state index contributed by atoms with van der Waals surface area (Å²) >= 11 is 3.41. The first-order chi connectivity index (χ1) is 12.3. The van der Waals surface area contributed by atoms with Gasteiger partial charge >= 0.3 is 0 Å². The molecule has 3 rings (SSSR count). The van der Waals surface area contributed by atoms with E-state index in [2.05, 4.69) is 50.5 Å². The summed E-state index contributed by atoms with van der Waals surface area (Å²) in [7, 11) is 0. The zero-order valence-electron chi connectivity index (χ0n) is 15.4. The second kappa shape index (κ2) is 7.45. The molecule has 0 aliphatic rings. The number of nitrogens with one attached hydrogen (secondary N) is 1. The Morgan fingerprint density at radius 1 is 1.12 bits per heavy atom. The predicted octanol–water partition coefficient (Wildman–Crippen LogP) is 3.76. The minimum atomic E-state index is -0.123. The van der Waals surface area contributed by atoms with E-state index in [-0.39, 0.29) is 12.5 Å². The van der Waals surface area contributed by atoms with Gasteiger partial charge < -0.3 is 5.32 Å². The van der Waals surface area contributed by atoms with Crippen LogP contribution in [0.4, 0.5) is 5.69 Å². The number of carbonyl (C=O) groups is 1. The molecular formula is C19H22BrN5O. The van der Waals surface area contributed by atoms with Crippen molar-refractivity contribution in [1.82, 2.24) is 19.6 Å². The standard InChI is InChI=1S/C19H22BrN5O/c1-12-7-5-6-8-16(12)9-25-15(4)19(14(3)23-25)21-18(26)11-24-10-17(20)13(2)22-24/h5-8,10H,9,11H2,1-4H3,(H,21,26). The minimum Gasteiger partial charge on any atom is -0.321 e. The fourth-order valence-electron chi connectivity index (χ4n) is 2.88. The molecule has 0 saturated carbocycles. The molecule has 1 aromatic carbocycles. The zero-order valence-corrected chi connectivity index (χ0v) is 17.0. The first-order valence-corrected chi connectivity index (χ1v) is 9.22. The number of benzene rings is 1. The lowest BCUT2D eigenvalue weighted by Gasteiger charge is -2.09. The molecule has 0 atom stereocenters. The van der Waals surface area contributed by atoms with E-state index in [1.54, 1.807) is 10.9 Å². The summed E-state index contributed by atoms with van der Waals surface area (Å²) < 4.78 is 4.45. The fourth-order valence-corrected chi connectivity index (χ4v) is 3.20. The van der Waals surface area contributed by atoms with Crippen molar-refractivity contribution in [2.75, 3.05) is 5.32 Å². The van der Waals surface area contributed by atoms with Crippen LogP contribution in [0.25, 0.3) is 0 Å². The lowest BCUT2D eigenvalue weighted by atomic mass is 10.1. The molecule has 2 aromatic heterocycles. The minimum absolute atomic E-state index is 0.123. The summed E-state index contributed by atoms with van der Waals surface area (Å²) in [6, 6.07) is 8.25. The molecular weight excluding hydrogens is 394 g/mol. The van der Waals surface area contributed by atoms with Crippen LogP contribution in [0.2, 0.25) is 0 Å². The van der Waals surface area contributed by atoms with Crippen LogP contribution in [-0.2, 0) is 17.9 Å². The molecule has 136 valence electrons. The number of anilines is 1. The Bertz CT molecular complexity index is 937. The van der Waals surface area contributed by atoms with Crippen molar-refractivity contribution in [2.45, 2.75) is 40.8 Å². The molecule has 1 N–H and O–H groups in total. The molecule has 7 heteroatoms. The molecule has 0 fully saturated rings. The number of rotatable bonds is 5. The summed E-state index contributed by atoms with van der Waals surface area (Å²) in [4.78, 5) is 12.4. The van der Waals surface area contributed by atoms with Crippen LogP contribution in [0.1, 0.15) is 28.2 Å². The van der Waals surface area contributed by atoms with E-state index in [0.29, 0.717) is 6.54 Å². The average Bonchev–Trinajstić information content (AvgIpc) is 3.03. The van der Waals surface area contributed by atoms with Gasteiger partial charge in [0.2, 0.25) is 5.91 Å². The number of carbonyl (C=O) groups excluding carboxylic acids is 1. The largest absolute Gasteiger partial charge is 0.321 e. The normalized spacial score (nSPS) is 11.0. The van der Waals surface area contributed by atoms with Crippen molar-refractivity contribution in [3.8, 4) is 0 Å². The topological polar surface area (TPSA) is 64.7 Å². The highest BCUT2D eigenvalue weighted by atomic mass is 79.9. The SMILES string of the molecule is Cc1ccccc1Cn1nc(C)c(NC(=O)Cn2cc(Br)c(C)n2)c1C. The number of hydrogen-bond acceptors (Lipinski definition) is 3. The van der Waals surface area contributed by atoms with E-state index in [9.17, 15) is 4.79 Å². The second-order valence-corrected chi connectivity index (χ2v) is 7.29. The van der Waals surface area contributed by atoms with Gasteiger partial charge in [-0.3, -0.25) is 14.2 Å². The van der Waals surface area contributed by atoms with Crippen LogP contribution >= 0.6 is 15.9 Å². The Hall–Kier alpha value is -2.41. The maximum Gasteiger partial charge on any atom is 0.246 e. The summed E-state index contributed by atoms with van der Waals surface area (Å²) in [6.07, 6.45) is 1.80. The monoisotopic (exact) mass is 415 g/mol. The number of amides is 1. The number of nitrogens with zero attached hydrogens (tertiary/aromatic N) is 4. The summed E-state index contributed by atoms with van der Waals surface area (Å²) in [5.74, 6) is -0.123. The van der Waals surface area contributed by atoms with Gasteiger partial charge in [0, 0.05) is 6.20 Å². The predicted molar refractivity (Wildman–Crippen MR) is 105 cm³/mol. The quantitative estimate of drug-likeness (QED) is 0.689. The smallest absolute Gasteiger partial charge is 0.246 e. The Kier molecular flexibility index (Phi) is 5.27. The average molecular weight is 416 g/mol. The highest BCUT2D eigenvalue weighted by Gasteiger charge is 2.15. The molecule has 26 heavy (non-hydrogen) atoms. The second-order valence-electron chi connectivity index (χ2n) is 6.44. The van der Waals surface area contributed by atoms with E-state index >= 15 is 0 Å². The van der Waals surface area contributed by atoms with Crippen LogP contribution in [-0.4, -0.2) is 25.5 Å². The van der Waals surface area contributed by atoms with Crippen LogP contribution < -0.4 is 5.32 Å². The van der Waals surface area contributed by atoms with Gasteiger partial charge in [-0.05, 0) is 54.8 Å². The van der Waals surface area contributed by atoms with Crippen molar-refractivity contribution < 1.29 is 4.79 Å². The number of aryl methyl sites for hydroxylation is 3. The van der Waals surface area contributed by atoms with Crippen molar-refractivity contribution in [1.29, 1.82) is 0 Å². The molecule has 0 radical (unpaired) electrons. The Morgan fingerprint density at radius 2 is 1.85 bits per heavy atom. The molecule has 0 aliphatic heterocycles. The van der Waals surface area contributed by atoms with Crippen molar-refractivity contribution in [3.05, 3.63) is 63.1 Å². The van der Waals surface area contributed by atoms with Gasteiger partial charge in [-0.25, -0.2) is 0 Å². The van der Waals surface area contributed by atoms with Crippen molar-refractivity contribution in [3.63, 3.8) is 0 Å². The van der Waals surface area contributed by atoms with Gasteiger partial charge in [0.1, 0.15) is 6.54 Å². The van der Waals surface area contributed by atoms with Crippen LogP contribution in [0.3, 0.4) is 0 Å². The molecule has 2 heterocycles. The molecule has 0 unspecified atom stereocenters. The maximum atomic E-state index is 12.4. The van der Waals surface area contributed by atoms with Crippen LogP contribution in [0.5, 0.6) is 0 Å². The fraction of sp³-hybridized carbons (Fsp3) is 0.316. The van der Waals surface area contributed by atoms with Crippen molar-refractivity contribution in [2.24, 2.45) is 0 Å². The highest BCUT2D eigenvalue weighted by molar-refractivity contribution is 9.10. The van der Waals surface area contributed by atoms with Crippen molar-refractivity contribution >= 4 is 27.5 Å². The maximum absolute atomic E-state index is 12.4. The molecule has 1 amide bonds. The third kappa shape index (κ3) is 3.88. The summed E-state index contributed by atoms with van der Waals surface area (Å²) in [5.41, 5.74) is 5.82. The Labute approximate surface area is 161 Å². The third-order valence-corrected chi connectivity index (χ3v) is 5.20. The lowest BCUT2D eigenvalue weighted by Crippen LogP contribution is -2.20. The molecule has 0 saturated heterocycles. The molecule has 0 spiro atoms. The first kappa shape index (κ1) is 18.4. The summed E-state index contributed by atoms with van der Waals surface area (Å²) in [6.45, 7) is 8.71. The van der Waals surface area contributed by atoms with E-state index in [1.165, 1.54) is 11.1 Å². The van der Waals surface area contributed by atoms with Gasteiger partial charge in [-0.2, -0.15) is 10.2 Å². The molecule has 0 aliphatic carbocycles. The van der Waals surface area contributed by atoms with Crippen LogP contribution in [0.15, 0.2) is 34.9 Å². The van der Waals surface area contributed by atoms with E-state index < -0.39 is 0 Å². The molecule has 6 nitrogen and oxygen atoms in total. The highest BCUT2D eigenvalue weighted by Crippen LogP contribution is 2.21. The van der Waals surface area contributed by atoms with Gasteiger partial charge in [0.05, 0.1) is 33.8 Å². The van der Waals surface area contributed by atoms with E-state index in [1.807, 2.05) is 37.6 Å². The molecule has 3 aromatic rings. The first-order valence-electron chi connectivity index (χ1n) is 8.43. The number of halogens is 1. The number of aromatic nitrogens is 4. The van der Waals surface area contributed by atoms with Gasteiger partial charge in [-0.15, -0.1) is 0 Å². The van der Waals surface area contributed by atoms with E-state index in [0.717, 1.165) is 27.2 Å². The Balaban J connectivity index is 1.75. The zero-order chi connectivity index (χ0) is 18.8. The summed E-state index contributed by atoms with van der Waals surface area (Å²) in [5, 5.41) is 11.9. The lowest BCUT2D eigenvalue weighted by molar-refractivity contribution is -0.116. The van der Waals surface area contributed by atoms with Gasteiger partial charge in [0.25, 0.3) is 0 Å². The Morgan fingerprint density at radius 3 is 2.50 bits per heavy atom. The number of hydrogen-bond donors (Lipinski definition) is 1.